The van der Waals surface area contributed by atoms with E-state index in [4.69, 9.17) is 0 Å². The Hall–Kier alpha value is -7.56. The van der Waals surface area contributed by atoms with Crippen molar-refractivity contribution in [2.75, 3.05) is 9.80 Å². The van der Waals surface area contributed by atoms with Gasteiger partial charge in [0, 0.05) is 44.9 Å². The van der Waals surface area contributed by atoms with Crippen LogP contribution in [0.15, 0.2) is 182 Å². The van der Waals surface area contributed by atoms with Crippen LogP contribution >= 0.6 is 0 Å². The topological polar surface area (TPSA) is 11.4 Å². The van der Waals surface area contributed by atoms with Crippen LogP contribution in [-0.2, 0) is 21.7 Å². The third kappa shape index (κ3) is 9.82. The zero-order valence-corrected chi connectivity index (χ0v) is 53.5. The molecule has 0 amide bonds. The van der Waals surface area contributed by atoms with E-state index in [0.29, 0.717) is 11.8 Å². The standard InChI is InChI=1S/C82H88BN3/c1-79(2,3)59-39-41-72-66(45-59)67-46-60(80(4,5)6)40-42-73(67)86(72)63-47-76-78-77(48-63)85(62-38-26-36-58(44-62)54-29-19-14-20-30-54)75-50-65(56-33-23-16-24-34-56)69(82(10,11)12)52-71(75)83(78)70-51-68(81(7,8)9)64(55-31-21-15-22-32-55)49-74(70)84(76)61-37-25-35-57(43-61)53-27-17-13-18-28-53/h15-16,21-26,31-54H,13-14,17-20,27-30H2,1-12H3. The van der Waals surface area contributed by atoms with Gasteiger partial charge in [-0.1, -0.05) is 231 Å². The minimum atomic E-state index is -0.161. The molecule has 10 aromatic rings. The molecular formula is C82H88BN3. The van der Waals surface area contributed by atoms with Gasteiger partial charge in [0.1, 0.15) is 0 Å². The highest BCUT2D eigenvalue weighted by Crippen LogP contribution is 2.51. The van der Waals surface area contributed by atoms with Gasteiger partial charge in [-0.3, -0.25) is 0 Å². The molecule has 14 rings (SSSR count). The molecule has 4 aliphatic rings. The predicted molar refractivity (Wildman–Crippen MR) is 372 cm³/mol. The van der Waals surface area contributed by atoms with Gasteiger partial charge in [-0.15, -0.1) is 0 Å². The first-order valence-electron chi connectivity index (χ1n) is 32.7. The molecule has 2 aliphatic heterocycles. The molecule has 0 radical (unpaired) electrons. The first-order chi connectivity index (χ1) is 41.2. The van der Waals surface area contributed by atoms with Gasteiger partial charge in [-0.2, -0.15) is 0 Å². The average molecular weight is 1130 g/mol. The Bertz CT molecular complexity index is 3970. The van der Waals surface area contributed by atoms with Crippen molar-refractivity contribution in [1.29, 1.82) is 0 Å². The molecule has 2 fully saturated rings. The van der Waals surface area contributed by atoms with Crippen LogP contribution in [0.3, 0.4) is 0 Å². The van der Waals surface area contributed by atoms with Crippen molar-refractivity contribution in [1.82, 2.24) is 4.57 Å². The fourth-order valence-electron chi connectivity index (χ4n) is 15.7. The summed E-state index contributed by atoms with van der Waals surface area (Å²) in [5.74, 6) is 1.09. The maximum Gasteiger partial charge on any atom is 0.252 e. The molecule has 86 heavy (non-hydrogen) atoms. The van der Waals surface area contributed by atoms with Gasteiger partial charge < -0.3 is 14.4 Å². The van der Waals surface area contributed by atoms with Gasteiger partial charge in [0.2, 0.25) is 0 Å². The van der Waals surface area contributed by atoms with Gasteiger partial charge in [0.05, 0.1) is 16.7 Å². The highest BCUT2D eigenvalue weighted by molar-refractivity contribution is 7.00. The van der Waals surface area contributed by atoms with Crippen LogP contribution in [0.4, 0.5) is 34.1 Å². The molecule has 434 valence electrons. The van der Waals surface area contributed by atoms with Gasteiger partial charge in [0.15, 0.2) is 0 Å². The van der Waals surface area contributed by atoms with Crippen molar-refractivity contribution >= 4 is 79.0 Å². The Morgan fingerprint density at radius 3 is 1.14 bits per heavy atom. The molecule has 0 bridgehead atoms. The smallest absolute Gasteiger partial charge is 0.252 e. The van der Waals surface area contributed by atoms with E-state index in [2.05, 4.69) is 279 Å². The number of hydrogen-bond acceptors (Lipinski definition) is 2. The number of hydrogen-bond donors (Lipinski definition) is 0. The van der Waals surface area contributed by atoms with Gasteiger partial charge >= 0.3 is 0 Å². The van der Waals surface area contributed by atoms with Crippen molar-refractivity contribution in [3.63, 3.8) is 0 Å². The second-order valence-corrected chi connectivity index (χ2v) is 30.3. The van der Waals surface area contributed by atoms with Crippen LogP contribution in [0.5, 0.6) is 0 Å². The summed E-state index contributed by atoms with van der Waals surface area (Å²) in [6.45, 7) is 28.5. The maximum absolute atomic E-state index is 2.73. The Morgan fingerprint density at radius 1 is 0.349 bits per heavy atom. The van der Waals surface area contributed by atoms with E-state index in [9.17, 15) is 0 Å². The molecule has 4 heteroatoms. The second kappa shape index (κ2) is 21.1. The van der Waals surface area contributed by atoms with Crippen molar-refractivity contribution < 1.29 is 0 Å². The highest BCUT2D eigenvalue weighted by Gasteiger charge is 2.46. The number of aromatic nitrogens is 1. The van der Waals surface area contributed by atoms with Gasteiger partial charge in [-0.25, -0.2) is 0 Å². The Kier molecular flexibility index (Phi) is 13.8. The van der Waals surface area contributed by atoms with Crippen molar-refractivity contribution in [2.24, 2.45) is 0 Å². The number of anilines is 6. The molecule has 0 spiro atoms. The van der Waals surface area contributed by atoms with Crippen LogP contribution in [0.2, 0.25) is 0 Å². The van der Waals surface area contributed by atoms with Crippen LogP contribution < -0.4 is 26.2 Å². The van der Waals surface area contributed by atoms with Crippen molar-refractivity contribution in [3.8, 4) is 27.9 Å². The fraction of sp³-hybridized carbons (Fsp3) is 0.341. The minimum absolute atomic E-state index is 0.0215. The van der Waals surface area contributed by atoms with Crippen LogP contribution in [0.25, 0.3) is 49.7 Å². The third-order valence-corrected chi connectivity index (χ3v) is 20.3. The zero-order chi connectivity index (χ0) is 59.6. The Balaban J connectivity index is 1.16. The first kappa shape index (κ1) is 56.3. The number of rotatable bonds is 7. The molecular weight excluding hydrogens is 1040 g/mol. The second-order valence-electron chi connectivity index (χ2n) is 30.3. The summed E-state index contributed by atoms with van der Waals surface area (Å²) in [5.41, 5.74) is 28.3. The summed E-state index contributed by atoms with van der Waals surface area (Å²) in [5, 5.41) is 2.61. The lowest BCUT2D eigenvalue weighted by Gasteiger charge is -2.46. The molecule has 2 aliphatic carbocycles. The van der Waals surface area contributed by atoms with Gasteiger partial charge in [0.25, 0.3) is 6.71 Å². The maximum atomic E-state index is 2.73. The Labute approximate surface area is 514 Å². The molecule has 1 aromatic heterocycles. The van der Waals surface area contributed by atoms with E-state index in [-0.39, 0.29) is 28.4 Å². The monoisotopic (exact) mass is 1130 g/mol. The third-order valence-electron chi connectivity index (χ3n) is 20.3. The number of fused-ring (bicyclic) bond motifs is 7. The molecule has 0 N–H and O–H groups in total. The van der Waals surface area contributed by atoms with E-state index in [1.54, 1.807) is 0 Å². The average Bonchev–Trinajstić information content (AvgIpc) is 0.779. The molecule has 0 unspecified atom stereocenters. The van der Waals surface area contributed by atoms with E-state index >= 15 is 0 Å². The van der Waals surface area contributed by atoms with E-state index < -0.39 is 0 Å². The predicted octanol–water partition coefficient (Wildman–Crippen LogP) is 21.5. The normalized spacial score (nSPS) is 16.0. The quantitative estimate of drug-likeness (QED) is 0.147. The minimum Gasteiger partial charge on any atom is -0.311 e. The SMILES string of the molecule is CC(C)(C)c1ccc2c(c1)c1cc(C(C)(C)C)ccc1n2-c1cc2c3c(c1)N(c1cccc(C4CCCCC4)c1)c1cc(-c4ccccc4)c(C(C)(C)C)cc1B3c1cc(C(C)(C)C)c(-c3ccccc3)cc1N2c1cccc(C2CCCCC2)c1. The molecule has 2 saturated carbocycles. The van der Waals surface area contributed by atoms with Crippen LogP contribution in [0, 0.1) is 0 Å². The summed E-state index contributed by atoms with van der Waals surface area (Å²) in [7, 11) is 0. The van der Waals surface area contributed by atoms with E-state index in [1.165, 1.54) is 198 Å². The Morgan fingerprint density at radius 2 is 0.756 bits per heavy atom. The van der Waals surface area contributed by atoms with Gasteiger partial charge in [-0.05, 0) is 204 Å². The highest BCUT2D eigenvalue weighted by atomic mass is 15.2. The molecule has 0 saturated heterocycles. The fourth-order valence-corrected chi connectivity index (χ4v) is 15.7. The molecule has 0 atom stereocenters. The lowest BCUT2D eigenvalue weighted by molar-refractivity contribution is 0.443. The van der Waals surface area contributed by atoms with Crippen molar-refractivity contribution in [3.05, 3.63) is 215 Å². The summed E-state index contributed by atoms with van der Waals surface area (Å²) < 4.78 is 2.63. The number of nitrogens with zero attached hydrogens (tertiary/aromatic N) is 3. The summed E-state index contributed by atoms with van der Waals surface area (Å²) in [6, 6.07) is 72.6. The summed E-state index contributed by atoms with van der Waals surface area (Å²) >= 11 is 0. The largest absolute Gasteiger partial charge is 0.311 e. The van der Waals surface area contributed by atoms with E-state index in [0.717, 1.165) is 0 Å². The summed E-state index contributed by atoms with van der Waals surface area (Å²) in [6.07, 6.45) is 12.8. The molecule has 9 aromatic carbocycles. The first-order valence-corrected chi connectivity index (χ1v) is 32.7. The van der Waals surface area contributed by atoms with Crippen LogP contribution in [0.1, 0.15) is 193 Å². The van der Waals surface area contributed by atoms with Crippen LogP contribution in [-0.4, -0.2) is 11.3 Å². The lowest BCUT2D eigenvalue weighted by Crippen LogP contribution is -2.62. The number of benzene rings is 9. The molecule has 3 heterocycles. The lowest BCUT2D eigenvalue weighted by atomic mass is 9.33. The van der Waals surface area contributed by atoms with E-state index in [1.807, 2.05) is 0 Å². The molecule has 3 nitrogen and oxygen atoms in total. The summed E-state index contributed by atoms with van der Waals surface area (Å²) in [4.78, 5) is 5.46. The van der Waals surface area contributed by atoms with Crippen molar-refractivity contribution in [2.45, 2.75) is 181 Å². The zero-order valence-electron chi connectivity index (χ0n) is 53.5.